The Labute approximate surface area is 146 Å². The normalized spacial score (nSPS) is 26.4. The molecule has 0 amide bonds. The lowest BCUT2D eigenvalue weighted by atomic mass is 9.96. The molecule has 8 heteroatoms. The van der Waals surface area contributed by atoms with Crippen molar-refractivity contribution in [2.45, 2.75) is 38.9 Å². The number of aromatic amines is 2. The zero-order valence-corrected chi connectivity index (χ0v) is 14.9. The van der Waals surface area contributed by atoms with Crippen molar-refractivity contribution < 1.29 is 4.74 Å². The van der Waals surface area contributed by atoms with Gasteiger partial charge in [-0.05, 0) is 32.6 Å². The van der Waals surface area contributed by atoms with E-state index in [1.807, 2.05) is 0 Å². The molecule has 2 aromatic rings. The highest BCUT2D eigenvalue weighted by molar-refractivity contribution is 5.73. The first-order chi connectivity index (χ1) is 12.1. The fourth-order valence-corrected chi connectivity index (χ4v) is 4.11. The predicted molar refractivity (Wildman–Crippen MR) is 95.9 cm³/mol. The predicted octanol–water partition coefficient (Wildman–Crippen LogP) is 0.972. The van der Waals surface area contributed by atoms with Crippen LogP contribution in [0.15, 0.2) is 11.0 Å². The van der Waals surface area contributed by atoms with E-state index in [0.717, 1.165) is 45.6 Å². The zero-order chi connectivity index (χ0) is 17.4. The zero-order valence-electron chi connectivity index (χ0n) is 14.9. The maximum absolute atomic E-state index is 12.1. The second-order valence-electron chi connectivity index (χ2n) is 7.43. The number of hydrogen-bond acceptors (Lipinski definition) is 6. The largest absolute Gasteiger partial charge is 0.373 e. The van der Waals surface area contributed by atoms with E-state index in [1.54, 1.807) is 0 Å². The van der Waals surface area contributed by atoms with Gasteiger partial charge in [0.25, 0.3) is 5.56 Å². The van der Waals surface area contributed by atoms with Gasteiger partial charge in [0.1, 0.15) is 5.39 Å². The van der Waals surface area contributed by atoms with Crippen molar-refractivity contribution in [3.8, 4) is 0 Å². The molecule has 4 rings (SSSR count). The molecular weight excluding hydrogens is 320 g/mol. The Hall–Kier alpha value is -1.93. The Kier molecular flexibility index (Phi) is 4.47. The first-order valence-corrected chi connectivity index (χ1v) is 9.14. The number of H-pyrrole nitrogens is 2. The molecule has 2 aliphatic heterocycles. The Morgan fingerprint density at radius 3 is 2.68 bits per heavy atom. The van der Waals surface area contributed by atoms with Crippen molar-refractivity contribution in [3.63, 3.8) is 0 Å². The van der Waals surface area contributed by atoms with Crippen LogP contribution in [0.1, 0.15) is 26.7 Å². The lowest BCUT2D eigenvalue weighted by Gasteiger charge is -2.39. The highest BCUT2D eigenvalue weighted by Crippen LogP contribution is 2.23. The molecule has 2 aliphatic rings. The van der Waals surface area contributed by atoms with Gasteiger partial charge in [-0.3, -0.25) is 19.8 Å². The van der Waals surface area contributed by atoms with E-state index in [0.29, 0.717) is 35.1 Å². The first-order valence-electron chi connectivity index (χ1n) is 9.14. The number of nitrogens with zero attached hydrogens (tertiary/aromatic N) is 4. The number of fused-ring (bicyclic) bond motifs is 1. The number of nitrogens with one attached hydrogen (secondary N) is 2. The molecule has 2 saturated heterocycles. The monoisotopic (exact) mass is 346 g/mol. The minimum atomic E-state index is -0.132. The Morgan fingerprint density at radius 2 is 1.96 bits per heavy atom. The number of ether oxygens (including phenoxy) is 1. The van der Waals surface area contributed by atoms with Crippen LogP contribution in [0.4, 0.5) is 5.95 Å². The highest BCUT2D eigenvalue weighted by Gasteiger charge is 2.27. The third kappa shape index (κ3) is 3.55. The fourth-order valence-electron chi connectivity index (χ4n) is 4.11. The van der Waals surface area contributed by atoms with Crippen molar-refractivity contribution in [1.29, 1.82) is 0 Å². The summed E-state index contributed by atoms with van der Waals surface area (Å²) in [6, 6.07) is 0. The topological polar surface area (TPSA) is 90.1 Å². The van der Waals surface area contributed by atoms with E-state index >= 15 is 0 Å². The van der Waals surface area contributed by atoms with Gasteiger partial charge in [0.2, 0.25) is 5.95 Å². The van der Waals surface area contributed by atoms with E-state index in [4.69, 9.17) is 4.74 Å². The average Bonchev–Trinajstić information content (AvgIpc) is 3.04. The van der Waals surface area contributed by atoms with E-state index in [1.165, 1.54) is 6.20 Å². The van der Waals surface area contributed by atoms with Gasteiger partial charge in [0, 0.05) is 32.7 Å². The number of aromatic nitrogens is 4. The van der Waals surface area contributed by atoms with Crippen LogP contribution in [-0.4, -0.2) is 70.0 Å². The number of piperidine rings is 1. The maximum Gasteiger partial charge on any atom is 0.263 e. The van der Waals surface area contributed by atoms with E-state index in [2.05, 4.69) is 43.8 Å². The van der Waals surface area contributed by atoms with Gasteiger partial charge in [-0.1, -0.05) is 0 Å². The summed E-state index contributed by atoms with van der Waals surface area (Å²) in [5.74, 6) is 1.34. The lowest BCUT2D eigenvalue weighted by Crippen LogP contribution is -2.48. The van der Waals surface area contributed by atoms with Gasteiger partial charge < -0.3 is 9.64 Å². The van der Waals surface area contributed by atoms with Crippen molar-refractivity contribution in [1.82, 2.24) is 25.1 Å². The minimum Gasteiger partial charge on any atom is -0.373 e. The first kappa shape index (κ1) is 16.5. The van der Waals surface area contributed by atoms with Gasteiger partial charge >= 0.3 is 0 Å². The molecule has 136 valence electrons. The van der Waals surface area contributed by atoms with E-state index < -0.39 is 0 Å². The summed E-state index contributed by atoms with van der Waals surface area (Å²) >= 11 is 0. The van der Waals surface area contributed by atoms with Gasteiger partial charge in [-0.2, -0.15) is 10.1 Å². The van der Waals surface area contributed by atoms with Crippen LogP contribution in [-0.2, 0) is 4.74 Å². The van der Waals surface area contributed by atoms with Gasteiger partial charge in [0.15, 0.2) is 5.65 Å². The number of morpholine rings is 1. The molecule has 0 aromatic carbocycles. The summed E-state index contributed by atoms with van der Waals surface area (Å²) in [4.78, 5) is 24.2. The molecule has 0 spiro atoms. The van der Waals surface area contributed by atoms with Crippen LogP contribution in [0.5, 0.6) is 0 Å². The van der Waals surface area contributed by atoms with Crippen molar-refractivity contribution in [2.75, 3.05) is 37.6 Å². The summed E-state index contributed by atoms with van der Waals surface area (Å²) in [5.41, 5.74) is 0.421. The molecule has 8 nitrogen and oxygen atoms in total. The van der Waals surface area contributed by atoms with Crippen LogP contribution in [0, 0.1) is 5.92 Å². The molecule has 2 N–H and O–H groups in total. The Balaban J connectivity index is 1.37. The van der Waals surface area contributed by atoms with Gasteiger partial charge in [-0.15, -0.1) is 0 Å². The second kappa shape index (κ2) is 6.76. The summed E-state index contributed by atoms with van der Waals surface area (Å²) in [6.45, 7) is 9.32. The third-order valence-corrected chi connectivity index (χ3v) is 5.23. The second-order valence-corrected chi connectivity index (χ2v) is 7.43. The molecule has 0 radical (unpaired) electrons. The van der Waals surface area contributed by atoms with Crippen LogP contribution >= 0.6 is 0 Å². The maximum atomic E-state index is 12.1. The summed E-state index contributed by atoms with van der Waals surface area (Å²) < 4.78 is 5.82. The lowest BCUT2D eigenvalue weighted by molar-refractivity contribution is -0.0720. The van der Waals surface area contributed by atoms with Crippen LogP contribution < -0.4 is 10.5 Å². The molecule has 0 unspecified atom stereocenters. The SMILES string of the molecule is C[C@@H]1CN(CC2CCN(c3nc4[nH]ncc4c(=O)[nH]3)CC2)C[C@H](C)O1. The van der Waals surface area contributed by atoms with Crippen molar-refractivity contribution in [2.24, 2.45) is 5.92 Å². The molecule has 0 saturated carbocycles. The molecule has 0 bridgehead atoms. The van der Waals surface area contributed by atoms with Gasteiger partial charge in [-0.25, -0.2) is 0 Å². The van der Waals surface area contributed by atoms with Crippen molar-refractivity contribution in [3.05, 3.63) is 16.6 Å². The van der Waals surface area contributed by atoms with Crippen LogP contribution in [0.3, 0.4) is 0 Å². The molecule has 2 atom stereocenters. The van der Waals surface area contributed by atoms with Crippen LogP contribution in [0.25, 0.3) is 11.0 Å². The van der Waals surface area contributed by atoms with Gasteiger partial charge in [0.05, 0.1) is 18.4 Å². The molecular formula is C17H26N6O2. The number of anilines is 1. The Bertz CT molecular complexity index is 769. The van der Waals surface area contributed by atoms with Crippen molar-refractivity contribution >= 4 is 17.0 Å². The molecule has 2 aromatic heterocycles. The van der Waals surface area contributed by atoms with E-state index in [9.17, 15) is 4.79 Å². The smallest absolute Gasteiger partial charge is 0.263 e. The molecule has 25 heavy (non-hydrogen) atoms. The van der Waals surface area contributed by atoms with Crippen LogP contribution in [0.2, 0.25) is 0 Å². The number of hydrogen-bond donors (Lipinski definition) is 2. The number of rotatable bonds is 3. The molecule has 4 heterocycles. The minimum absolute atomic E-state index is 0.132. The quantitative estimate of drug-likeness (QED) is 0.861. The molecule has 2 fully saturated rings. The molecule has 0 aliphatic carbocycles. The summed E-state index contributed by atoms with van der Waals surface area (Å²) in [7, 11) is 0. The average molecular weight is 346 g/mol. The summed E-state index contributed by atoms with van der Waals surface area (Å²) in [5, 5.41) is 7.19. The Morgan fingerprint density at radius 1 is 1.24 bits per heavy atom. The summed E-state index contributed by atoms with van der Waals surface area (Å²) in [6.07, 6.45) is 4.38. The third-order valence-electron chi connectivity index (χ3n) is 5.23. The highest BCUT2D eigenvalue weighted by atomic mass is 16.5. The fraction of sp³-hybridized carbons (Fsp3) is 0.706. The standard InChI is InChI=1S/C17H26N6O2/c1-11-8-22(9-12(2)25-11)10-13-3-5-23(6-4-13)17-19-15-14(7-18-21-15)16(24)20-17/h7,11-13H,3-6,8-10H2,1-2H3,(H2,18,19,20,21,24)/t11-,12+. The van der Waals surface area contributed by atoms with E-state index in [-0.39, 0.29) is 5.56 Å².